The van der Waals surface area contributed by atoms with E-state index in [4.69, 9.17) is 4.74 Å². The van der Waals surface area contributed by atoms with Gasteiger partial charge in [0, 0.05) is 11.6 Å². The number of anilines is 1. The monoisotopic (exact) mass is 484 g/mol. The summed E-state index contributed by atoms with van der Waals surface area (Å²) in [5, 5.41) is 13.4. The number of ether oxygens (including phenoxy) is 1. The van der Waals surface area contributed by atoms with Crippen LogP contribution in [0.15, 0.2) is 30.4 Å². The Kier molecular flexibility index (Phi) is 8.75. The molecular formula is C28H40N2O5. The summed E-state index contributed by atoms with van der Waals surface area (Å²) in [7, 11) is 0. The Morgan fingerprint density at radius 1 is 1.17 bits per heavy atom. The highest BCUT2D eigenvalue weighted by Crippen LogP contribution is 2.47. The summed E-state index contributed by atoms with van der Waals surface area (Å²) in [6.07, 6.45) is 5.33. The third kappa shape index (κ3) is 5.15. The normalized spacial score (nSPS) is 27.3. The summed E-state index contributed by atoms with van der Waals surface area (Å²) in [5.74, 6) is -2.95. The van der Waals surface area contributed by atoms with Crippen LogP contribution in [0.2, 0.25) is 0 Å². The fourth-order valence-electron chi connectivity index (χ4n) is 5.64. The molecule has 7 heteroatoms. The molecule has 1 heterocycles. The van der Waals surface area contributed by atoms with E-state index in [1.54, 1.807) is 11.8 Å². The van der Waals surface area contributed by atoms with E-state index < -0.39 is 35.8 Å². The van der Waals surface area contributed by atoms with Gasteiger partial charge >= 0.3 is 5.97 Å². The number of esters is 1. The summed E-state index contributed by atoms with van der Waals surface area (Å²) in [6.45, 7) is 11.6. The molecule has 3 rings (SSSR count). The number of aliphatic hydroxyl groups is 1. The van der Waals surface area contributed by atoms with Crippen molar-refractivity contribution < 1.29 is 24.2 Å². The van der Waals surface area contributed by atoms with E-state index in [1.807, 2.05) is 65.0 Å². The van der Waals surface area contributed by atoms with Gasteiger partial charge in [-0.3, -0.25) is 14.4 Å². The minimum Gasteiger partial charge on any atom is -0.466 e. The molecule has 0 saturated carbocycles. The van der Waals surface area contributed by atoms with Gasteiger partial charge in [0.25, 0.3) is 0 Å². The predicted molar refractivity (Wildman–Crippen MR) is 136 cm³/mol. The number of carbonyl (C=O) groups is 3. The molecule has 7 atom stereocenters. The van der Waals surface area contributed by atoms with Crippen molar-refractivity contribution in [3.8, 4) is 0 Å². The lowest BCUT2D eigenvalue weighted by atomic mass is 9.69. The summed E-state index contributed by atoms with van der Waals surface area (Å²) < 4.78 is 5.39. The number of hydrogen-bond donors (Lipinski definition) is 2. The van der Waals surface area contributed by atoms with E-state index >= 15 is 0 Å². The molecule has 2 N–H and O–H groups in total. The highest BCUT2D eigenvalue weighted by Gasteiger charge is 2.59. The van der Waals surface area contributed by atoms with Crippen molar-refractivity contribution in [3.63, 3.8) is 0 Å². The largest absolute Gasteiger partial charge is 0.466 e. The van der Waals surface area contributed by atoms with Gasteiger partial charge in [-0.1, -0.05) is 51.5 Å². The van der Waals surface area contributed by atoms with Crippen molar-refractivity contribution in [2.45, 2.75) is 66.5 Å². The van der Waals surface area contributed by atoms with Crippen molar-refractivity contribution in [2.75, 3.05) is 18.5 Å². The first-order valence-corrected chi connectivity index (χ1v) is 12.9. The molecule has 35 heavy (non-hydrogen) atoms. The SMILES string of the molecule is CCOC(=O)[C@H]1[C@H]2C(=O)N([C@@H](CO)[C@@H](C)CC)[C@H](C(=O)Nc3cc(C)ccc3C)[C@H]2C=C[C@H]1CC. The summed E-state index contributed by atoms with van der Waals surface area (Å²) in [6, 6.07) is 4.49. The minimum atomic E-state index is -0.829. The van der Waals surface area contributed by atoms with Gasteiger partial charge in [-0.05, 0) is 56.2 Å². The van der Waals surface area contributed by atoms with Crippen LogP contribution in [0.1, 0.15) is 51.7 Å². The smallest absolute Gasteiger partial charge is 0.310 e. The second-order valence-corrected chi connectivity index (χ2v) is 9.97. The summed E-state index contributed by atoms with van der Waals surface area (Å²) in [5.41, 5.74) is 2.64. The predicted octanol–water partition coefficient (Wildman–Crippen LogP) is 3.87. The van der Waals surface area contributed by atoms with Crippen molar-refractivity contribution in [1.29, 1.82) is 0 Å². The third-order valence-electron chi connectivity index (χ3n) is 7.84. The Bertz CT molecular complexity index is 974. The number of amides is 2. The number of fused-ring (bicyclic) bond motifs is 1. The van der Waals surface area contributed by atoms with Crippen LogP contribution in [0, 0.1) is 43.4 Å². The fourth-order valence-corrected chi connectivity index (χ4v) is 5.64. The van der Waals surface area contributed by atoms with Gasteiger partial charge in [-0.15, -0.1) is 0 Å². The zero-order valence-corrected chi connectivity index (χ0v) is 21.8. The number of benzene rings is 1. The lowest BCUT2D eigenvalue weighted by Crippen LogP contribution is -2.52. The number of aliphatic hydroxyl groups excluding tert-OH is 1. The van der Waals surface area contributed by atoms with Gasteiger partial charge in [-0.2, -0.15) is 0 Å². The van der Waals surface area contributed by atoms with Crippen LogP contribution in [-0.2, 0) is 19.1 Å². The van der Waals surface area contributed by atoms with E-state index in [9.17, 15) is 19.5 Å². The number of likely N-dealkylation sites (tertiary alicyclic amines) is 1. The quantitative estimate of drug-likeness (QED) is 0.410. The van der Waals surface area contributed by atoms with E-state index in [0.29, 0.717) is 12.1 Å². The molecule has 1 saturated heterocycles. The number of nitrogens with zero attached hydrogens (tertiary/aromatic N) is 1. The lowest BCUT2D eigenvalue weighted by Gasteiger charge is -2.36. The molecule has 0 radical (unpaired) electrons. The van der Waals surface area contributed by atoms with Crippen molar-refractivity contribution in [2.24, 2.45) is 29.6 Å². The molecule has 192 valence electrons. The van der Waals surface area contributed by atoms with E-state index in [0.717, 1.165) is 17.5 Å². The Balaban J connectivity index is 2.08. The lowest BCUT2D eigenvalue weighted by molar-refractivity contribution is -0.156. The second kappa shape index (κ2) is 11.4. The van der Waals surface area contributed by atoms with Crippen LogP contribution >= 0.6 is 0 Å². The zero-order valence-electron chi connectivity index (χ0n) is 21.8. The van der Waals surface area contributed by atoms with Crippen molar-refractivity contribution >= 4 is 23.5 Å². The third-order valence-corrected chi connectivity index (χ3v) is 7.84. The minimum absolute atomic E-state index is 0.0212. The van der Waals surface area contributed by atoms with Crippen LogP contribution in [0.3, 0.4) is 0 Å². The molecule has 1 aromatic carbocycles. The highest BCUT2D eigenvalue weighted by atomic mass is 16.5. The molecule has 1 aliphatic carbocycles. The second-order valence-electron chi connectivity index (χ2n) is 9.97. The molecule has 0 bridgehead atoms. The Morgan fingerprint density at radius 3 is 2.49 bits per heavy atom. The molecule has 2 aliphatic rings. The highest BCUT2D eigenvalue weighted by molar-refractivity contribution is 6.02. The van der Waals surface area contributed by atoms with E-state index in [1.165, 1.54) is 0 Å². The van der Waals surface area contributed by atoms with Gasteiger partial charge in [-0.25, -0.2) is 0 Å². The number of allylic oxidation sites excluding steroid dienone is 1. The Morgan fingerprint density at radius 2 is 1.89 bits per heavy atom. The van der Waals surface area contributed by atoms with Gasteiger partial charge < -0.3 is 20.1 Å². The van der Waals surface area contributed by atoms with Crippen molar-refractivity contribution in [1.82, 2.24) is 4.90 Å². The van der Waals surface area contributed by atoms with Crippen molar-refractivity contribution in [3.05, 3.63) is 41.5 Å². The Labute approximate surface area is 208 Å². The number of nitrogens with one attached hydrogen (secondary N) is 1. The van der Waals surface area contributed by atoms with E-state index in [2.05, 4.69) is 5.32 Å². The fraction of sp³-hybridized carbons (Fsp3) is 0.607. The molecule has 1 aliphatic heterocycles. The van der Waals surface area contributed by atoms with Crippen LogP contribution in [0.5, 0.6) is 0 Å². The van der Waals surface area contributed by atoms with Crippen LogP contribution in [0.4, 0.5) is 5.69 Å². The molecule has 7 nitrogen and oxygen atoms in total. The first kappa shape index (κ1) is 26.9. The first-order chi connectivity index (χ1) is 16.7. The number of rotatable bonds is 9. The molecule has 1 fully saturated rings. The average Bonchev–Trinajstić information content (AvgIpc) is 3.13. The summed E-state index contributed by atoms with van der Waals surface area (Å²) >= 11 is 0. The standard InChI is InChI=1S/C28H40N2O5/c1-7-17(5)22(15-31)30-25(26(32)29-21-14-16(4)10-11-18(21)6)20-13-12-19(8-2)23(24(20)27(30)33)28(34)35-9-3/h10-14,17,19-20,22-25,31H,7-9,15H2,1-6H3,(H,29,32)/t17-,19+,20-,22-,23+,24-,25-/m0/s1. The zero-order chi connectivity index (χ0) is 25.9. The van der Waals surface area contributed by atoms with Gasteiger partial charge in [0.05, 0.1) is 31.1 Å². The first-order valence-electron chi connectivity index (χ1n) is 12.9. The number of carbonyl (C=O) groups excluding carboxylic acids is 3. The van der Waals surface area contributed by atoms with Gasteiger partial charge in [0.2, 0.25) is 11.8 Å². The average molecular weight is 485 g/mol. The van der Waals surface area contributed by atoms with Crippen LogP contribution in [-0.4, -0.2) is 53.1 Å². The number of aryl methyl sites for hydroxylation is 2. The molecule has 1 aromatic rings. The number of hydrogen-bond acceptors (Lipinski definition) is 5. The summed E-state index contributed by atoms with van der Waals surface area (Å²) in [4.78, 5) is 42.5. The van der Waals surface area contributed by atoms with Crippen LogP contribution in [0.25, 0.3) is 0 Å². The molecular weight excluding hydrogens is 444 g/mol. The molecule has 0 spiro atoms. The molecule has 0 aromatic heterocycles. The maximum absolute atomic E-state index is 14.0. The van der Waals surface area contributed by atoms with Gasteiger partial charge in [0.1, 0.15) is 6.04 Å². The molecule has 0 unspecified atom stereocenters. The molecule has 2 amide bonds. The van der Waals surface area contributed by atoms with Gasteiger partial charge in [0.15, 0.2) is 0 Å². The Hall–Kier alpha value is -2.67. The maximum atomic E-state index is 14.0. The van der Waals surface area contributed by atoms with E-state index in [-0.39, 0.29) is 36.9 Å². The van der Waals surface area contributed by atoms with Crippen LogP contribution < -0.4 is 5.32 Å². The maximum Gasteiger partial charge on any atom is 0.310 e. The topological polar surface area (TPSA) is 95.9 Å².